The number of hydrogen-bond donors (Lipinski definition) is 1. The number of alkyl halides is 3. The molecule has 0 unspecified atom stereocenters. The zero-order chi connectivity index (χ0) is 11.6. The lowest BCUT2D eigenvalue weighted by molar-refractivity contribution is -0.274. The monoisotopic (exact) mass is 259 g/mol. The third-order valence-electron chi connectivity index (χ3n) is 1.52. The first-order chi connectivity index (χ1) is 6.83. The van der Waals surface area contributed by atoms with Gasteiger partial charge in [-0.2, -0.15) is 0 Å². The van der Waals surface area contributed by atoms with E-state index in [1.165, 1.54) is 13.1 Å². The molecule has 0 aliphatic rings. The molecule has 2 nitrogen and oxygen atoms in total. The van der Waals surface area contributed by atoms with Gasteiger partial charge < -0.3 is 10.1 Å². The van der Waals surface area contributed by atoms with E-state index < -0.39 is 12.1 Å². The molecule has 0 saturated carbocycles. The van der Waals surface area contributed by atoms with Crippen molar-refractivity contribution in [1.29, 1.82) is 0 Å². The van der Waals surface area contributed by atoms with Crippen molar-refractivity contribution in [2.75, 3.05) is 12.4 Å². The third kappa shape index (κ3) is 3.35. The molecule has 0 spiro atoms. The van der Waals surface area contributed by atoms with E-state index >= 15 is 0 Å². The fraction of sp³-hybridized carbons (Fsp3) is 0.250. The number of nitrogens with one attached hydrogen (secondary N) is 1. The van der Waals surface area contributed by atoms with Crippen molar-refractivity contribution in [3.63, 3.8) is 0 Å². The van der Waals surface area contributed by atoms with E-state index in [1.54, 1.807) is 0 Å². The minimum atomic E-state index is -4.76. The van der Waals surface area contributed by atoms with Crippen LogP contribution >= 0.6 is 23.2 Å². The van der Waals surface area contributed by atoms with Crippen molar-refractivity contribution in [2.45, 2.75) is 6.36 Å². The molecule has 0 atom stereocenters. The Morgan fingerprint density at radius 1 is 1.20 bits per heavy atom. The molecular weight excluding hydrogens is 254 g/mol. The molecule has 1 N–H and O–H groups in total. The third-order valence-corrected chi connectivity index (χ3v) is 2.24. The van der Waals surface area contributed by atoms with E-state index in [0.717, 1.165) is 6.07 Å². The van der Waals surface area contributed by atoms with Crippen LogP contribution in [-0.4, -0.2) is 13.4 Å². The van der Waals surface area contributed by atoms with E-state index in [2.05, 4.69) is 10.1 Å². The maximum Gasteiger partial charge on any atom is 0.573 e. The van der Waals surface area contributed by atoms with Crippen molar-refractivity contribution >= 4 is 28.9 Å². The molecule has 0 aliphatic heterocycles. The molecule has 1 aromatic carbocycles. The molecule has 0 saturated heterocycles. The Balaban J connectivity index is 3.11. The lowest BCUT2D eigenvalue weighted by Gasteiger charge is -2.13. The van der Waals surface area contributed by atoms with Gasteiger partial charge in [-0.05, 0) is 6.07 Å². The molecule has 15 heavy (non-hydrogen) atoms. The quantitative estimate of drug-likeness (QED) is 0.869. The smallest absolute Gasteiger partial charge is 0.404 e. The van der Waals surface area contributed by atoms with Crippen LogP contribution in [-0.2, 0) is 0 Å². The average molecular weight is 260 g/mol. The fourth-order valence-corrected chi connectivity index (χ4v) is 1.25. The highest BCUT2D eigenvalue weighted by atomic mass is 35.5. The van der Waals surface area contributed by atoms with Crippen LogP contribution in [0.1, 0.15) is 0 Å². The first-order valence-corrected chi connectivity index (χ1v) is 4.51. The fourth-order valence-electron chi connectivity index (χ4n) is 0.933. The highest BCUT2D eigenvalue weighted by molar-refractivity contribution is 6.42. The van der Waals surface area contributed by atoms with Gasteiger partial charge in [-0.1, -0.05) is 23.2 Å². The lowest BCUT2D eigenvalue weighted by atomic mass is 10.3. The molecule has 0 amide bonds. The maximum absolute atomic E-state index is 12.0. The average Bonchev–Trinajstić information content (AvgIpc) is 2.08. The summed E-state index contributed by atoms with van der Waals surface area (Å²) in [6, 6.07) is 2.26. The summed E-state index contributed by atoms with van der Waals surface area (Å²) in [5.74, 6) is -0.417. The summed E-state index contributed by atoms with van der Waals surface area (Å²) in [7, 11) is 1.45. The van der Waals surface area contributed by atoms with Gasteiger partial charge in [-0.25, -0.2) is 0 Å². The summed E-state index contributed by atoms with van der Waals surface area (Å²) in [4.78, 5) is 0. The predicted octanol–water partition coefficient (Wildman–Crippen LogP) is 3.93. The van der Waals surface area contributed by atoms with E-state index in [0.29, 0.717) is 0 Å². The zero-order valence-electron chi connectivity index (χ0n) is 7.45. The van der Waals surface area contributed by atoms with E-state index in [-0.39, 0.29) is 15.7 Å². The SMILES string of the molecule is CNc1cc(Cl)c(Cl)cc1OC(F)(F)F. The van der Waals surface area contributed by atoms with Crippen LogP contribution in [0.15, 0.2) is 12.1 Å². The van der Waals surface area contributed by atoms with Gasteiger partial charge >= 0.3 is 6.36 Å². The summed E-state index contributed by atoms with van der Waals surface area (Å²) in [6.07, 6.45) is -4.76. The summed E-state index contributed by atoms with van der Waals surface area (Å²) in [6.45, 7) is 0. The minimum Gasteiger partial charge on any atom is -0.404 e. The van der Waals surface area contributed by atoms with Crippen molar-refractivity contribution in [3.8, 4) is 5.75 Å². The normalized spacial score (nSPS) is 11.3. The lowest BCUT2D eigenvalue weighted by Crippen LogP contribution is -2.18. The van der Waals surface area contributed by atoms with Gasteiger partial charge in [0.25, 0.3) is 0 Å². The second-order valence-electron chi connectivity index (χ2n) is 2.56. The Morgan fingerprint density at radius 3 is 2.20 bits per heavy atom. The summed E-state index contributed by atoms with van der Waals surface area (Å²) in [5.41, 5.74) is 0.113. The van der Waals surface area contributed by atoms with Crippen molar-refractivity contribution in [2.24, 2.45) is 0 Å². The molecule has 1 aromatic rings. The number of ether oxygens (including phenoxy) is 1. The zero-order valence-corrected chi connectivity index (χ0v) is 8.96. The van der Waals surface area contributed by atoms with Crippen LogP contribution in [0.5, 0.6) is 5.75 Å². The van der Waals surface area contributed by atoms with Gasteiger partial charge in [-0.3, -0.25) is 0 Å². The Morgan fingerprint density at radius 2 is 1.73 bits per heavy atom. The highest BCUT2D eigenvalue weighted by Gasteiger charge is 2.32. The number of benzene rings is 1. The van der Waals surface area contributed by atoms with Gasteiger partial charge in [0.2, 0.25) is 0 Å². The van der Waals surface area contributed by atoms with Crippen LogP contribution in [0, 0.1) is 0 Å². The standard InChI is InChI=1S/C8H6Cl2F3NO/c1-14-6-2-4(9)5(10)3-7(6)15-8(11,12)13/h2-3,14H,1H3. The van der Waals surface area contributed by atoms with Gasteiger partial charge in [0.15, 0.2) is 5.75 Å². The molecule has 0 radical (unpaired) electrons. The van der Waals surface area contributed by atoms with Crippen LogP contribution in [0.3, 0.4) is 0 Å². The Labute approximate surface area is 93.9 Å². The molecule has 0 heterocycles. The Bertz CT molecular complexity index is 368. The van der Waals surface area contributed by atoms with Crippen LogP contribution in [0.25, 0.3) is 0 Å². The van der Waals surface area contributed by atoms with Gasteiger partial charge in [-0.15, -0.1) is 13.2 Å². The molecule has 84 valence electrons. The van der Waals surface area contributed by atoms with Crippen molar-refractivity contribution in [3.05, 3.63) is 22.2 Å². The highest BCUT2D eigenvalue weighted by Crippen LogP contribution is 2.36. The van der Waals surface area contributed by atoms with Crippen LogP contribution < -0.4 is 10.1 Å². The second kappa shape index (κ2) is 4.37. The summed E-state index contributed by atoms with van der Waals surface area (Å²) in [5, 5.41) is 2.66. The molecule has 0 bridgehead atoms. The van der Waals surface area contributed by atoms with Crippen LogP contribution in [0.4, 0.5) is 18.9 Å². The van der Waals surface area contributed by atoms with E-state index in [9.17, 15) is 13.2 Å². The Kier molecular flexibility index (Phi) is 3.57. The second-order valence-corrected chi connectivity index (χ2v) is 3.37. The molecular formula is C8H6Cl2F3NO. The number of halogens is 5. The number of hydrogen-bond acceptors (Lipinski definition) is 2. The first kappa shape index (κ1) is 12.3. The Hall–Kier alpha value is -0.810. The van der Waals surface area contributed by atoms with Gasteiger partial charge in [0.1, 0.15) is 0 Å². The summed E-state index contributed by atoms with van der Waals surface area (Å²) >= 11 is 11.2. The predicted molar refractivity (Wildman–Crippen MR) is 52.7 cm³/mol. The molecule has 0 aliphatic carbocycles. The first-order valence-electron chi connectivity index (χ1n) is 3.76. The molecule has 7 heteroatoms. The molecule has 1 rings (SSSR count). The topological polar surface area (TPSA) is 21.3 Å². The maximum atomic E-state index is 12.0. The van der Waals surface area contributed by atoms with E-state index in [1.807, 2.05) is 0 Å². The molecule has 0 fully saturated rings. The van der Waals surface area contributed by atoms with E-state index in [4.69, 9.17) is 23.2 Å². The summed E-state index contributed by atoms with van der Waals surface area (Å²) < 4.78 is 39.6. The van der Waals surface area contributed by atoms with Gasteiger partial charge in [0, 0.05) is 13.1 Å². The number of rotatable bonds is 2. The minimum absolute atomic E-state index is 0.00471. The van der Waals surface area contributed by atoms with Crippen LogP contribution in [0.2, 0.25) is 10.0 Å². The van der Waals surface area contributed by atoms with Crippen molar-refractivity contribution in [1.82, 2.24) is 0 Å². The largest absolute Gasteiger partial charge is 0.573 e. The van der Waals surface area contributed by atoms with Gasteiger partial charge in [0.05, 0.1) is 15.7 Å². The molecule has 0 aromatic heterocycles. The number of anilines is 1. The van der Waals surface area contributed by atoms with Crippen molar-refractivity contribution < 1.29 is 17.9 Å².